The summed E-state index contributed by atoms with van der Waals surface area (Å²) >= 11 is 0. The minimum Gasteiger partial charge on any atom is -0.350 e. The number of rotatable bonds is 6. The summed E-state index contributed by atoms with van der Waals surface area (Å²) in [6, 6.07) is 19.7. The second kappa shape index (κ2) is 9.30. The second-order valence-electron chi connectivity index (χ2n) is 9.29. The van der Waals surface area contributed by atoms with E-state index >= 15 is 0 Å². The van der Waals surface area contributed by atoms with Crippen molar-refractivity contribution in [3.8, 4) is 11.1 Å². The van der Waals surface area contributed by atoms with Gasteiger partial charge in [-0.25, -0.2) is 4.52 Å². The molecule has 2 aromatic carbocycles. The van der Waals surface area contributed by atoms with Gasteiger partial charge in [0.1, 0.15) is 0 Å². The van der Waals surface area contributed by atoms with Gasteiger partial charge in [-0.3, -0.25) is 14.9 Å². The van der Waals surface area contributed by atoms with E-state index in [2.05, 4.69) is 20.7 Å². The Morgan fingerprint density at radius 1 is 0.944 bits per heavy atom. The van der Waals surface area contributed by atoms with Gasteiger partial charge in [-0.2, -0.15) is 4.98 Å². The highest BCUT2D eigenvalue weighted by atomic mass is 16.2. The molecule has 0 saturated heterocycles. The molecule has 3 heterocycles. The number of carbonyl (C=O) groups is 2. The number of amides is 2. The van der Waals surface area contributed by atoms with Crippen molar-refractivity contribution in [1.29, 1.82) is 0 Å². The van der Waals surface area contributed by atoms with Crippen LogP contribution in [0.1, 0.15) is 42.7 Å². The summed E-state index contributed by atoms with van der Waals surface area (Å²) in [4.78, 5) is 29.7. The van der Waals surface area contributed by atoms with Crippen LogP contribution < -0.4 is 10.6 Å². The molecule has 0 saturated carbocycles. The topological polar surface area (TPSA) is 93.3 Å². The number of nitrogens with zero attached hydrogens (tertiary/aromatic N) is 4. The van der Waals surface area contributed by atoms with E-state index in [1.165, 1.54) is 0 Å². The molecule has 2 N–H and O–H groups in total. The lowest BCUT2D eigenvalue weighted by Crippen LogP contribution is -2.26. The van der Waals surface area contributed by atoms with Crippen LogP contribution in [0, 0.1) is 5.92 Å². The third-order valence-electron chi connectivity index (χ3n) is 6.31. The highest BCUT2D eigenvalue weighted by Crippen LogP contribution is 2.29. The molecule has 0 aliphatic carbocycles. The van der Waals surface area contributed by atoms with Crippen molar-refractivity contribution in [2.45, 2.75) is 26.8 Å². The molecule has 0 unspecified atom stereocenters. The number of fused-ring (bicyclic) bond motifs is 2. The van der Waals surface area contributed by atoms with Crippen molar-refractivity contribution in [1.82, 2.24) is 24.5 Å². The fourth-order valence-electron chi connectivity index (χ4n) is 4.22. The molecule has 5 rings (SSSR count). The van der Waals surface area contributed by atoms with Crippen LogP contribution in [0.4, 0.5) is 5.95 Å². The Morgan fingerprint density at radius 3 is 2.44 bits per heavy atom. The summed E-state index contributed by atoms with van der Waals surface area (Å²) in [7, 11) is 1.94. The fraction of sp³-hybridized carbons (Fsp3) is 0.214. The van der Waals surface area contributed by atoms with Crippen molar-refractivity contribution < 1.29 is 9.59 Å². The summed E-state index contributed by atoms with van der Waals surface area (Å²) < 4.78 is 3.59. The third kappa shape index (κ3) is 4.45. The zero-order valence-corrected chi connectivity index (χ0v) is 20.7. The lowest BCUT2D eigenvalue weighted by atomic mass is 10.0. The van der Waals surface area contributed by atoms with Crippen molar-refractivity contribution in [2.24, 2.45) is 13.0 Å². The zero-order chi connectivity index (χ0) is 25.4. The first-order valence-electron chi connectivity index (χ1n) is 11.9. The fourth-order valence-corrected chi connectivity index (χ4v) is 4.22. The molecular weight excluding hydrogens is 452 g/mol. The largest absolute Gasteiger partial charge is 0.350 e. The second-order valence-corrected chi connectivity index (χ2v) is 9.29. The lowest BCUT2D eigenvalue weighted by Gasteiger charge is -2.14. The maximum absolute atomic E-state index is 13.2. The average molecular weight is 481 g/mol. The average Bonchev–Trinajstić information content (AvgIpc) is 3.43. The summed E-state index contributed by atoms with van der Waals surface area (Å²) in [6.45, 7) is 5.62. The van der Waals surface area contributed by atoms with Gasteiger partial charge in [0.15, 0.2) is 5.65 Å². The standard InChI is InChI=1S/C28H28N6O2/c1-17(2)26(35)31-28-30-25-15-21(12-13-34(25)32-28)20-10-11-24-22(14-20)23(16-33(24)4)27(36)29-18(3)19-8-6-5-7-9-19/h5-18H,1-4H3,(H,29,36)(H,31,32,35)/t18-/m0/s1. The molecule has 0 aliphatic heterocycles. The van der Waals surface area contributed by atoms with Crippen LogP contribution in [0.2, 0.25) is 0 Å². The molecular formula is C28H28N6O2. The summed E-state index contributed by atoms with van der Waals surface area (Å²) in [5, 5.41) is 11.1. The Hall–Kier alpha value is -4.46. The highest BCUT2D eigenvalue weighted by molar-refractivity contribution is 6.08. The number of carbonyl (C=O) groups excluding carboxylic acids is 2. The molecule has 5 aromatic rings. The van der Waals surface area contributed by atoms with Crippen LogP contribution >= 0.6 is 0 Å². The zero-order valence-electron chi connectivity index (χ0n) is 20.7. The molecule has 0 radical (unpaired) electrons. The van der Waals surface area contributed by atoms with Gasteiger partial charge in [-0.1, -0.05) is 50.2 Å². The summed E-state index contributed by atoms with van der Waals surface area (Å²) in [5.41, 5.74) is 5.16. The Bertz CT molecular complexity index is 1580. The van der Waals surface area contributed by atoms with Crippen molar-refractivity contribution >= 4 is 34.3 Å². The van der Waals surface area contributed by atoms with E-state index in [0.29, 0.717) is 11.2 Å². The molecule has 36 heavy (non-hydrogen) atoms. The number of aromatic nitrogens is 4. The van der Waals surface area contributed by atoms with E-state index in [4.69, 9.17) is 0 Å². The molecule has 0 aliphatic rings. The van der Waals surface area contributed by atoms with Gasteiger partial charge in [0.25, 0.3) is 5.91 Å². The predicted molar refractivity (Wildman–Crippen MR) is 141 cm³/mol. The van der Waals surface area contributed by atoms with Crippen LogP contribution in [0.3, 0.4) is 0 Å². The van der Waals surface area contributed by atoms with E-state index in [1.807, 2.05) is 105 Å². The molecule has 182 valence electrons. The van der Waals surface area contributed by atoms with Crippen LogP contribution in [-0.2, 0) is 11.8 Å². The molecule has 2 amide bonds. The molecule has 1 atom stereocenters. The lowest BCUT2D eigenvalue weighted by molar-refractivity contribution is -0.118. The van der Waals surface area contributed by atoms with Gasteiger partial charge in [0, 0.05) is 36.3 Å². The first-order chi connectivity index (χ1) is 17.3. The van der Waals surface area contributed by atoms with Gasteiger partial charge in [0.2, 0.25) is 11.9 Å². The van der Waals surface area contributed by atoms with E-state index in [0.717, 1.165) is 27.6 Å². The van der Waals surface area contributed by atoms with Crippen LogP contribution in [0.15, 0.2) is 73.1 Å². The van der Waals surface area contributed by atoms with Crippen molar-refractivity contribution in [2.75, 3.05) is 5.32 Å². The number of aryl methyl sites for hydroxylation is 1. The smallest absolute Gasteiger partial charge is 0.253 e. The van der Waals surface area contributed by atoms with E-state index in [1.54, 1.807) is 4.52 Å². The van der Waals surface area contributed by atoms with Crippen molar-refractivity contribution in [3.63, 3.8) is 0 Å². The maximum atomic E-state index is 13.2. The van der Waals surface area contributed by atoms with Gasteiger partial charge >= 0.3 is 0 Å². The number of benzene rings is 2. The Kier molecular flexibility index (Phi) is 6.01. The van der Waals surface area contributed by atoms with Gasteiger partial charge < -0.3 is 9.88 Å². The first kappa shape index (κ1) is 23.3. The van der Waals surface area contributed by atoms with Crippen LogP contribution in [0.25, 0.3) is 27.7 Å². The van der Waals surface area contributed by atoms with Crippen LogP contribution in [0.5, 0.6) is 0 Å². The molecule has 0 fully saturated rings. The number of hydrogen-bond donors (Lipinski definition) is 2. The van der Waals surface area contributed by atoms with E-state index in [9.17, 15) is 9.59 Å². The Morgan fingerprint density at radius 2 is 1.69 bits per heavy atom. The van der Waals surface area contributed by atoms with E-state index < -0.39 is 0 Å². The summed E-state index contributed by atoms with van der Waals surface area (Å²) in [5.74, 6) is -0.136. The highest BCUT2D eigenvalue weighted by Gasteiger charge is 2.18. The SMILES string of the molecule is CC(C)C(=O)Nc1nc2cc(-c3ccc4c(c3)c(C(=O)N[C@@H](C)c3ccccc3)cn4C)ccn2n1. The number of hydrogen-bond acceptors (Lipinski definition) is 4. The van der Waals surface area contributed by atoms with Gasteiger partial charge in [-0.05, 0) is 47.9 Å². The molecule has 0 spiro atoms. The number of pyridine rings is 1. The van der Waals surface area contributed by atoms with Gasteiger partial charge in [0.05, 0.1) is 11.6 Å². The predicted octanol–water partition coefficient (Wildman–Crippen LogP) is 4.97. The third-order valence-corrected chi connectivity index (χ3v) is 6.31. The van der Waals surface area contributed by atoms with Gasteiger partial charge in [-0.15, -0.1) is 5.10 Å². The number of anilines is 1. The summed E-state index contributed by atoms with van der Waals surface area (Å²) in [6.07, 6.45) is 3.68. The maximum Gasteiger partial charge on any atom is 0.253 e. The Balaban J connectivity index is 1.46. The minimum absolute atomic E-state index is 0.113. The normalized spacial score (nSPS) is 12.2. The molecule has 0 bridgehead atoms. The monoisotopic (exact) mass is 480 g/mol. The molecule has 8 nitrogen and oxygen atoms in total. The van der Waals surface area contributed by atoms with Crippen molar-refractivity contribution in [3.05, 3.63) is 84.2 Å². The van der Waals surface area contributed by atoms with E-state index in [-0.39, 0.29) is 29.7 Å². The quantitative estimate of drug-likeness (QED) is 0.359. The molecule has 3 aromatic heterocycles. The first-order valence-corrected chi connectivity index (χ1v) is 11.9. The van der Waals surface area contributed by atoms with Crippen LogP contribution in [-0.4, -0.2) is 31.0 Å². The number of nitrogens with one attached hydrogen (secondary N) is 2. The minimum atomic E-state index is -0.160. The molecule has 8 heteroatoms. The Labute approximate surface area is 209 Å².